The zero-order valence-corrected chi connectivity index (χ0v) is 11.8. The Hall–Kier alpha value is -0.120. The smallest absolute Gasteiger partial charge is 0.0626 e. The van der Waals surface area contributed by atoms with E-state index in [9.17, 15) is 5.11 Å². The highest BCUT2D eigenvalue weighted by atomic mass is 16.3. The molecule has 0 radical (unpaired) electrons. The molecule has 0 spiro atoms. The Morgan fingerprint density at radius 3 is 2.41 bits per heavy atom. The summed E-state index contributed by atoms with van der Waals surface area (Å²) in [5.74, 6) is 0.542. The maximum Gasteiger partial charge on any atom is 0.0626 e. The molecule has 1 saturated carbocycles. The van der Waals surface area contributed by atoms with Crippen LogP contribution >= 0.6 is 0 Å². The minimum absolute atomic E-state index is 0.120. The number of hydrogen-bond donors (Lipinski definition) is 2. The summed E-state index contributed by atoms with van der Waals surface area (Å²) >= 11 is 0. The summed E-state index contributed by atoms with van der Waals surface area (Å²) in [7, 11) is 0. The van der Waals surface area contributed by atoms with E-state index in [1.807, 2.05) is 0 Å². The van der Waals surface area contributed by atoms with Gasteiger partial charge in [0.2, 0.25) is 0 Å². The fourth-order valence-corrected chi connectivity index (χ4v) is 2.43. The molecule has 102 valence electrons. The van der Waals surface area contributed by atoms with Gasteiger partial charge in [-0.2, -0.15) is 0 Å². The van der Waals surface area contributed by atoms with Crippen LogP contribution in [0.15, 0.2) is 0 Å². The van der Waals surface area contributed by atoms with Crippen LogP contribution in [0, 0.1) is 5.92 Å². The molecule has 3 nitrogen and oxygen atoms in total. The Balaban J connectivity index is 2.46. The molecule has 17 heavy (non-hydrogen) atoms. The van der Waals surface area contributed by atoms with E-state index in [1.54, 1.807) is 0 Å². The van der Waals surface area contributed by atoms with Crippen LogP contribution in [0.4, 0.5) is 0 Å². The SMILES string of the molecule is CCCCCN(CC(N)(CO)C1CC1)C(C)C. The van der Waals surface area contributed by atoms with Crippen molar-refractivity contribution in [1.29, 1.82) is 0 Å². The molecule has 0 aromatic rings. The van der Waals surface area contributed by atoms with Crippen LogP contribution in [0.1, 0.15) is 52.9 Å². The lowest BCUT2D eigenvalue weighted by atomic mass is 9.94. The Labute approximate surface area is 106 Å². The third kappa shape index (κ3) is 4.57. The zero-order valence-electron chi connectivity index (χ0n) is 11.8. The van der Waals surface area contributed by atoms with Crippen LogP contribution in [-0.2, 0) is 0 Å². The largest absolute Gasteiger partial charge is 0.394 e. The van der Waals surface area contributed by atoms with E-state index in [4.69, 9.17) is 5.73 Å². The lowest BCUT2D eigenvalue weighted by Crippen LogP contribution is -2.56. The van der Waals surface area contributed by atoms with Crippen molar-refractivity contribution in [2.24, 2.45) is 11.7 Å². The summed E-state index contributed by atoms with van der Waals surface area (Å²) in [6.45, 7) is 8.74. The van der Waals surface area contributed by atoms with E-state index in [2.05, 4.69) is 25.7 Å². The summed E-state index contributed by atoms with van der Waals surface area (Å²) in [6.07, 6.45) is 6.16. The highest BCUT2D eigenvalue weighted by Crippen LogP contribution is 2.38. The zero-order chi connectivity index (χ0) is 12.9. The number of nitrogens with two attached hydrogens (primary N) is 1. The minimum Gasteiger partial charge on any atom is -0.394 e. The number of unbranched alkanes of at least 4 members (excludes halogenated alkanes) is 2. The van der Waals surface area contributed by atoms with Gasteiger partial charge in [0.25, 0.3) is 0 Å². The number of hydrogen-bond acceptors (Lipinski definition) is 3. The number of aliphatic hydroxyl groups excluding tert-OH is 1. The van der Waals surface area contributed by atoms with Crippen molar-refractivity contribution in [2.75, 3.05) is 19.7 Å². The second kappa shape index (κ2) is 6.72. The highest BCUT2D eigenvalue weighted by Gasteiger charge is 2.42. The first-order valence-electron chi connectivity index (χ1n) is 7.17. The fourth-order valence-electron chi connectivity index (χ4n) is 2.43. The Kier molecular flexibility index (Phi) is 5.90. The van der Waals surface area contributed by atoms with Crippen molar-refractivity contribution in [3.05, 3.63) is 0 Å². The second-order valence-corrected chi connectivity index (χ2v) is 5.94. The summed E-state index contributed by atoms with van der Waals surface area (Å²) in [5, 5.41) is 9.55. The molecule has 0 saturated heterocycles. The number of nitrogens with zero attached hydrogens (tertiary/aromatic N) is 1. The molecule has 1 fully saturated rings. The molecule has 0 aliphatic heterocycles. The maximum absolute atomic E-state index is 9.55. The average Bonchev–Trinajstić information content (AvgIpc) is 3.11. The van der Waals surface area contributed by atoms with Crippen LogP contribution in [0.3, 0.4) is 0 Å². The minimum atomic E-state index is -0.365. The molecule has 1 aliphatic carbocycles. The molecule has 1 atom stereocenters. The van der Waals surface area contributed by atoms with Crippen molar-refractivity contribution in [2.45, 2.75) is 64.5 Å². The monoisotopic (exact) mass is 242 g/mol. The first kappa shape index (κ1) is 14.9. The summed E-state index contributed by atoms with van der Waals surface area (Å²) < 4.78 is 0. The van der Waals surface area contributed by atoms with Gasteiger partial charge in [0.05, 0.1) is 12.1 Å². The molecule has 0 heterocycles. The van der Waals surface area contributed by atoms with Crippen molar-refractivity contribution in [3.63, 3.8) is 0 Å². The first-order valence-corrected chi connectivity index (χ1v) is 7.17. The van der Waals surface area contributed by atoms with Gasteiger partial charge in [-0.1, -0.05) is 19.8 Å². The molecular formula is C14H30N2O. The molecule has 1 aliphatic rings. The molecule has 3 N–H and O–H groups in total. The third-order valence-corrected chi connectivity index (χ3v) is 3.96. The van der Waals surface area contributed by atoms with Crippen LogP contribution in [-0.4, -0.2) is 41.3 Å². The molecule has 1 rings (SSSR count). The Bertz CT molecular complexity index is 216. The van der Waals surface area contributed by atoms with E-state index < -0.39 is 0 Å². The number of aliphatic hydroxyl groups is 1. The summed E-state index contributed by atoms with van der Waals surface area (Å²) in [6, 6.07) is 0.514. The number of rotatable bonds is 9. The van der Waals surface area contributed by atoms with Crippen molar-refractivity contribution in [3.8, 4) is 0 Å². The molecule has 0 aromatic carbocycles. The van der Waals surface area contributed by atoms with Crippen LogP contribution in [0.5, 0.6) is 0 Å². The molecule has 0 bridgehead atoms. The lowest BCUT2D eigenvalue weighted by Gasteiger charge is -2.36. The predicted molar refractivity (Wildman–Crippen MR) is 73.0 cm³/mol. The average molecular weight is 242 g/mol. The fraction of sp³-hybridized carbons (Fsp3) is 1.00. The van der Waals surface area contributed by atoms with Crippen molar-refractivity contribution >= 4 is 0 Å². The van der Waals surface area contributed by atoms with Crippen LogP contribution < -0.4 is 5.73 Å². The van der Waals surface area contributed by atoms with Gasteiger partial charge >= 0.3 is 0 Å². The first-order chi connectivity index (χ1) is 8.03. The van der Waals surface area contributed by atoms with Crippen molar-refractivity contribution < 1.29 is 5.11 Å². The lowest BCUT2D eigenvalue weighted by molar-refractivity contribution is 0.102. The second-order valence-electron chi connectivity index (χ2n) is 5.94. The highest BCUT2D eigenvalue weighted by molar-refractivity contribution is 5.00. The molecule has 0 aromatic heterocycles. The third-order valence-electron chi connectivity index (χ3n) is 3.96. The van der Waals surface area contributed by atoms with Crippen molar-refractivity contribution in [1.82, 2.24) is 4.90 Å². The molecule has 1 unspecified atom stereocenters. The van der Waals surface area contributed by atoms with Gasteiger partial charge in [-0.05, 0) is 45.6 Å². The van der Waals surface area contributed by atoms with Gasteiger partial charge in [0.15, 0.2) is 0 Å². The van der Waals surface area contributed by atoms with E-state index in [0.717, 1.165) is 13.1 Å². The van der Waals surface area contributed by atoms with E-state index >= 15 is 0 Å². The Morgan fingerprint density at radius 1 is 1.35 bits per heavy atom. The van der Waals surface area contributed by atoms with Gasteiger partial charge in [-0.25, -0.2) is 0 Å². The quantitative estimate of drug-likeness (QED) is 0.608. The molecule has 0 amide bonds. The van der Waals surface area contributed by atoms with E-state index in [-0.39, 0.29) is 12.1 Å². The van der Waals surface area contributed by atoms with Crippen LogP contribution in [0.25, 0.3) is 0 Å². The Morgan fingerprint density at radius 2 is 2.00 bits per heavy atom. The molecular weight excluding hydrogens is 212 g/mol. The predicted octanol–water partition coefficient (Wildman–Crippen LogP) is 1.99. The normalized spacial score (nSPS) is 19.9. The summed E-state index contributed by atoms with van der Waals surface area (Å²) in [4.78, 5) is 2.43. The maximum atomic E-state index is 9.55. The standard InChI is InChI=1S/C14H30N2O/c1-4-5-6-9-16(12(2)3)10-14(15,11-17)13-7-8-13/h12-13,17H,4-11,15H2,1-3H3. The van der Waals surface area contributed by atoms with Gasteiger partial charge < -0.3 is 10.8 Å². The van der Waals surface area contributed by atoms with Gasteiger partial charge in [0.1, 0.15) is 0 Å². The van der Waals surface area contributed by atoms with Gasteiger partial charge in [-0.15, -0.1) is 0 Å². The van der Waals surface area contributed by atoms with E-state index in [0.29, 0.717) is 12.0 Å². The van der Waals surface area contributed by atoms with Gasteiger partial charge in [-0.3, -0.25) is 4.90 Å². The van der Waals surface area contributed by atoms with E-state index in [1.165, 1.54) is 32.1 Å². The summed E-state index contributed by atoms with van der Waals surface area (Å²) in [5.41, 5.74) is 5.99. The van der Waals surface area contributed by atoms with Crippen LogP contribution in [0.2, 0.25) is 0 Å². The topological polar surface area (TPSA) is 49.5 Å². The van der Waals surface area contributed by atoms with Gasteiger partial charge in [0, 0.05) is 12.6 Å². The molecule has 3 heteroatoms.